The predicted octanol–water partition coefficient (Wildman–Crippen LogP) is 4.94. The highest BCUT2D eigenvalue weighted by molar-refractivity contribution is 6.06. The van der Waals surface area contributed by atoms with Gasteiger partial charge in [0, 0.05) is 42.3 Å². The van der Waals surface area contributed by atoms with Crippen molar-refractivity contribution in [1.82, 2.24) is 15.0 Å². The molecule has 0 spiro atoms. The minimum Gasteiger partial charge on any atom is -0.480 e. The van der Waals surface area contributed by atoms with E-state index in [0.29, 0.717) is 35.6 Å². The molecule has 206 valence electrons. The topological polar surface area (TPSA) is 111 Å². The molecule has 0 amide bonds. The summed E-state index contributed by atoms with van der Waals surface area (Å²) in [6, 6.07) is 7.68. The highest BCUT2D eigenvalue weighted by Gasteiger charge is 2.42. The molecule has 40 heavy (non-hydrogen) atoms. The molecule has 9 nitrogen and oxygen atoms in total. The average Bonchev–Trinajstić information content (AvgIpc) is 3.55. The second kappa shape index (κ2) is 10.4. The zero-order chi connectivity index (χ0) is 28.0. The summed E-state index contributed by atoms with van der Waals surface area (Å²) in [5.41, 5.74) is 2.24. The Bertz CT molecular complexity index is 1630. The minimum absolute atomic E-state index is 0.0103. The van der Waals surface area contributed by atoms with Gasteiger partial charge >= 0.3 is 5.97 Å². The van der Waals surface area contributed by atoms with Crippen LogP contribution in [0.3, 0.4) is 0 Å². The number of halogens is 2. The number of rotatable bonds is 6. The minimum atomic E-state index is -2.96. The van der Waals surface area contributed by atoms with Crippen LogP contribution in [0.2, 0.25) is 0 Å². The van der Waals surface area contributed by atoms with Crippen molar-refractivity contribution in [3.63, 3.8) is 0 Å². The van der Waals surface area contributed by atoms with Gasteiger partial charge in [-0.25, -0.2) is 28.5 Å². The lowest BCUT2D eigenvalue weighted by Gasteiger charge is -2.30. The number of pyridine rings is 1. The van der Waals surface area contributed by atoms with E-state index < -0.39 is 30.4 Å². The lowest BCUT2D eigenvalue weighted by atomic mass is 9.84. The summed E-state index contributed by atoms with van der Waals surface area (Å²) in [5, 5.41) is 10.6. The normalized spacial score (nSPS) is 23.1. The fourth-order valence-corrected chi connectivity index (χ4v) is 5.65. The van der Waals surface area contributed by atoms with Gasteiger partial charge < -0.3 is 23.9 Å². The van der Waals surface area contributed by atoms with Crippen molar-refractivity contribution < 1.29 is 32.6 Å². The van der Waals surface area contributed by atoms with Gasteiger partial charge in [0.15, 0.2) is 17.2 Å². The van der Waals surface area contributed by atoms with E-state index in [1.165, 1.54) is 4.90 Å². The SMILES string of the molecule is C#Cc1cnc(O[C@H]2C[C@@H](C(=O)O)N(c3nc(C(F)F)nc4c3oc3ccccc34)C2)c(C2CCOC[C@@H]2C)c1. The van der Waals surface area contributed by atoms with E-state index in [1.807, 2.05) is 6.07 Å². The lowest BCUT2D eigenvalue weighted by Crippen LogP contribution is -2.37. The molecule has 0 radical (unpaired) electrons. The molecule has 11 heteroatoms. The molecule has 0 saturated carbocycles. The Balaban J connectivity index is 1.38. The number of nitrogens with zero attached hydrogens (tertiary/aromatic N) is 4. The zero-order valence-electron chi connectivity index (χ0n) is 21.6. The summed E-state index contributed by atoms with van der Waals surface area (Å²) < 4.78 is 45.6. The Morgan fingerprint density at radius 1 is 1.30 bits per heavy atom. The predicted molar refractivity (Wildman–Crippen MR) is 142 cm³/mol. The van der Waals surface area contributed by atoms with Crippen molar-refractivity contribution in [2.75, 3.05) is 24.7 Å². The maximum atomic E-state index is 13.9. The molecule has 1 aromatic carbocycles. The highest BCUT2D eigenvalue weighted by Crippen LogP contribution is 2.40. The Morgan fingerprint density at radius 2 is 2.12 bits per heavy atom. The van der Waals surface area contributed by atoms with Crippen molar-refractivity contribution in [3.05, 3.63) is 53.5 Å². The van der Waals surface area contributed by atoms with Crippen LogP contribution in [0.25, 0.3) is 22.1 Å². The van der Waals surface area contributed by atoms with Crippen LogP contribution in [0.5, 0.6) is 5.88 Å². The number of fused-ring (bicyclic) bond motifs is 3. The number of carboxylic acid groups (broad SMARTS) is 1. The van der Waals surface area contributed by atoms with Crippen molar-refractivity contribution in [2.24, 2.45) is 5.92 Å². The molecule has 1 N–H and O–H groups in total. The van der Waals surface area contributed by atoms with E-state index in [4.69, 9.17) is 20.3 Å². The number of terminal acetylenes is 1. The number of carbonyl (C=O) groups is 1. The van der Waals surface area contributed by atoms with E-state index in [2.05, 4.69) is 27.8 Å². The fraction of sp³-hybridized carbons (Fsp3) is 0.379. The molecule has 1 unspecified atom stereocenters. The molecular weight excluding hydrogens is 522 g/mol. The molecule has 4 aromatic rings. The lowest BCUT2D eigenvalue weighted by molar-refractivity contribution is -0.138. The highest BCUT2D eigenvalue weighted by atomic mass is 19.3. The van der Waals surface area contributed by atoms with Crippen LogP contribution in [0.15, 0.2) is 40.9 Å². The summed E-state index contributed by atoms with van der Waals surface area (Å²) in [5.74, 6) is 1.44. The molecule has 5 heterocycles. The molecular formula is C29H26F2N4O5. The van der Waals surface area contributed by atoms with Crippen LogP contribution in [-0.2, 0) is 9.53 Å². The second-order valence-corrected chi connectivity index (χ2v) is 10.2. The number of alkyl halides is 2. The van der Waals surface area contributed by atoms with Crippen molar-refractivity contribution >= 4 is 33.9 Å². The first kappa shape index (κ1) is 26.0. The Morgan fingerprint density at radius 3 is 2.88 bits per heavy atom. The average molecular weight is 549 g/mol. The van der Waals surface area contributed by atoms with Gasteiger partial charge in [-0.2, -0.15) is 0 Å². The number of carboxylic acids is 1. The summed E-state index contributed by atoms with van der Waals surface area (Å²) in [6.45, 7) is 3.34. The zero-order valence-corrected chi connectivity index (χ0v) is 21.6. The van der Waals surface area contributed by atoms with Gasteiger partial charge in [0.1, 0.15) is 23.2 Å². The summed E-state index contributed by atoms with van der Waals surface area (Å²) in [4.78, 5) is 26.4. The third-order valence-corrected chi connectivity index (χ3v) is 7.60. The van der Waals surface area contributed by atoms with E-state index in [-0.39, 0.29) is 41.7 Å². The number of furan rings is 1. The molecule has 4 atom stereocenters. The van der Waals surface area contributed by atoms with E-state index >= 15 is 0 Å². The Hall–Kier alpha value is -4.30. The van der Waals surface area contributed by atoms with Gasteiger partial charge in [0.2, 0.25) is 5.88 Å². The fourth-order valence-electron chi connectivity index (χ4n) is 5.65. The van der Waals surface area contributed by atoms with E-state index in [9.17, 15) is 18.7 Å². The second-order valence-electron chi connectivity index (χ2n) is 10.2. The maximum Gasteiger partial charge on any atom is 0.326 e. The van der Waals surface area contributed by atoms with Gasteiger partial charge in [-0.05, 0) is 36.5 Å². The number of ether oxygens (including phenoxy) is 2. The van der Waals surface area contributed by atoms with Gasteiger partial charge in [-0.3, -0.25) is 0 Å². The van der Waals surface area contributed by atoms with Crippen LogP contribution in [-0.4, -0.2) is 57.9 Å². The van der Waals surface area contributed by atoms with Crippen LogP contribution < -0.4 is 9.64 Å². The molecule has 2 aliphatic heterocycles. The van der Waals surface area contributed by atoms with Crippen LogP contribution in [0.4, 0.5) is 14.6 Å². The molecule has 2 aliphatic rings. The summed E-state index contributed by atoms with van der Waals surface area (Å²) in [7, 11) is 0. The third kappa shape index (κ3) is 4.58. The number of hydrogen-bond acceptors (Lipinski definition) is 8. The van der Waals surface area contributed by atoms with Crippen LogP contribution >= 0.6 is 0 Å². The Labute approximate surface area is 228 Å². The summed E-state index contributed by atoms with van der Waals surface area (Å²) >= 11 is 0. The van der Waals surface area contributed by atoms with Gasteiger partial charge in [0.25, 0.3) is 6.43 Å². The molecule has 0 aliphatic carbocycles. The molecule has 2 fully saturated rings. The molecule has 0 bridgehead atoms. The van der Waals surface area contributed by atoms with Gasteiger partial charge in [0.05, 0.1) is 6.54 Å². The third-order valence-electron chi connectivity index (χ3n) is 7.60. The summed E-state index contributed by atoms with van der Waals surface area (Å²) in [6.07, 6.45) is 4.44. The number of para-hydroxylation sites is 1. The van der Waals surface area contributed by atoms with Gasteiger partial charge in [-0.15, -0.1) is 6.42 Å². The van der Waals surface area contributed by atoms with Crippen LogP contribution in [0, 0.1) is 18.3 Å². The molecule has 2 saturated heterocycles. The first-order valence-electron chi connectivity index (χ1n) is 13.0. The number of anilines is 1. The standard InChI is InChI=1S/C29H26F2N4O5/c1-3-16-10-20(18-8-9-38-14-15(18)2)28(32-12-16)39-17-11-21(29(36)37)35(13-17)27-24-23(33-26(34-27)25(30)31)19-6-4-5-7-22(19)40-24/h1,4-7,10,12,15,17-18,21,25H,8-9,11,13-14H2,2H3,(H,36,37)/t15-,17-,18?,21-/m0/s1. The quantitative estimate of drug-likeness (QED) is 0.335. The Kier molecular flexibility index (Phi) is 6.72. The maximum absolute atomic E-state index is 13.9. The number of aliphatic carboxylic acids is 1. The van der Waals surface area contributed by atoms with E-state index in [1.54, 1.807) is 30.5 Å². The largest absolute Gasteiger partial charge is 0.480 e. The monoisotopic (exact) mass is 548 g/mol. The number of aromatic nitrogens is 3. The van der Waals surface area contributed by atoms with E-state index in [0.717, 1.165) is 12.0 Å². The number of hydrogen-bond donors (Lipinski definition) is 1. The first-order chi connectivity index (χ1) is 19.3. The number of benzene rings is 1. The smallest absolute Gasteiger partial charge is 0.326 e. The van der Waals surface area contributed by atoms with Crippen molar-refractivity contribution in [1.29, 1.82) is 0 Å². The van der Waals surface area contributed by atoms with Crippen LogP contribution in [0.1, 0.15) is 49.1 Å². The molecule has 3 aromatic heterocycles. The van der Waals surface area contributed by atoms with Crippen molar-refractivity contribution in [3.8, 4) is 18.2 Å². The first-order valence-corrected chi connectivity index (χ1v) is 13.0. The van der Waals surface area contributed by atoms with Gasteiger partial charge in [-0.1, -0.05) is 25.0 Å². The molecule has 6 rings (SSSR count). The van der Waals surface area contributed by atoms with Crippen molar-refractivity contribution in [2.45, 2.75) is 44.3 Å².